The van der Waals surface area contributed by atoms with Gasteiger partial charge in [-0.15, -0.1) is 10.2 Å². The maximum Gasteiger partial charge on any atom is 0.321 e. The number of methoxy groups -OCH3 is 1. The predicted octanol–water partition coefficient (Wildman–Crippen LogP) is 3.32. The van der Waals surface area contributed by atoms with E-state index in [9.17, 15) is 14.0 Å². The van der Waals surface area contributed by atoms with Crippen LogP contribution in [0.3, 0.4) is 0 Å². The minimum Gasteiger partial charge on any atom is -0.497 e. The number of halogens is 1. The summed E-state index contributed by atoms with van der Waals surface area (Å²) >= 11 is 1.03. The number of ether oxygens (including phenoxy) is 2. The number of imide groups is 1. The van der Waals surface area contributed by atoms with Gasteiger partial charge in [0.1, 0.15) is 23.9 Å². The molecular weight excluding hydrogens is 449 g/mol. The molecule has 0 radical (unpaired) electrons. The van der Waals surface area contributed by atoms with Gasteiger partial charge in [-0.3, -0.25) is 14.7 Å². The molecule has 0 spiro atoms. The molecule has 0 bridgehead atoms. The lowest BCUT2D eigenvalue weighted by molar-refractivity contribution is -0.117. The van der Waals surface area contributed by atoms with Crippen LogP contribution < -0.4 is 20.1 Å². The Bertz CT molecular complexity index is 1090. The summed E-state index contributed by atoms with van der Waals surface area (Å²) in [5, 5.41) is 13.3. The lowest BCUT2D eigenvalue weighted by Crippen LogP contribution is -2.40. The highest BCUT2D eigenvalue weighted by atomic mass is 32.2. The average molecular weight is 474 g/mol. The molecule has 0 unspecified atom stereocenters. The Kier molecular flexibility index (Phi) is 8.64. The first-order valence-electron chi connectivity index (χ1n) is 10.2. The minimum atomic E-state index is -0.563. The van der Waals surface area contributed by atoms with Crippen LogP contribution in [-0.2, 0) is 11.4 Å². The SMILES string of the molecule is CCCNC(=O)NC(=O)CSc1nnc(COc2ccc(OC)cc2)n1-c1ccccc1F. The van der Waals surface area contributed by atoms with Crippen molar-refractivity contribution in [3.05, 3.63) is 60.2 Å². The molecule has 0 aliphatic rings. The van der Waals surface area contributed by atoms with Gasteiger partial charge in [-0.25, -0.2) is 9.18 Å². The quantitative estimate of drug-likeness (QED) is 0.435. The second-order valence-corrected chi connectivity index (χ2v) is 7.69. The number of para-hydroxylation sites is 1. The molecule has 0 aliphatic carbocycles. The fourth-order valence-corrected chi connectivity index (χ4v) is 3.52. The first-order valence-corrected chi connectivity index (χ1v) is 11.2. The van der Waals surface area contributed by atoms with Crippen LogP contribution in [0.2, 0.25) is 0 Å². The van der Waals surface area contributed by atoms with Crippen molar-refractivity contribution in [3.63, 3.8) is 0 Å². The van der Waals surface area contributed by atoms with Gasteiger partial charge >= 0.3 is 6.03 Å². The number of aromatic nitrogens is 3. The molecule has 11 heteroatoms. The van der Waals surface area contributed by atoms with Crippen molar-refractivity contribution in [2.24, 2.45) is 0 Å². The summed E-state index contributed by atoms with van der Waals surface area (Å²) in [6, 6.07) is 12.6. The van der Waals surface area contributed by atoms with Gasteiger partial charge in [0.15, 0.2) is 11.0 Å². The highest BCUT2D eigenvalue weighted by Crippen LogP contribution is 2.25. The maximum atomic E-state index is 14.6. The van der Waals surface area contributed by atoms with E-state index in [1.807, 2.05) is 6.92 Å². The van der Waals surface area contributed by atoms with Crippen molar-refractivity contribution < 1.29 is 23.5 Å². The van der Waals surface area contributed by atoms with E-state index in [4.69, 9.17) is 9.47 Å². The van der Waals surface area contributed by atoms with Crippen LogP contribution >= 0.6 is 11.8 Å². The van der Waals surface area contributed by atoms with Crippen LogP contribution in [-0.4, -0.2) is 46.1 Å². The van der Waals surface area contributed by atoms with Crippen molar-refractivity contribution in [1.29, 1.82) is 0 Å². The summed E-state index contributed by atoms with van der Waals surface area (Å²) < 4.78 is 27.0. The molecule has 3 rings (SSSR count). The third kappa shape index (κ3) is 6.69. The van der Waals surface area contributed by atoms with Gasteiger partial charge in [-0.05, 0) is 42.8 Å². The van der Waals surface area contributed by atoms with Crippen LogP contribution in [0.15, 0.2) is 53.7 Å². The van der Waals surface area contributed by atoms with Crippen LogP contribution in [0.5, 0.6) is 11.5 Å². The minimum absolute atomic E-state index is 0.0137. The zero-order valence-corrected chi connectivity index (χ0v) is 19.0. The summed E-state index contributed by atoms with van der Waals surface area (Å²) in [5.41, 5.74) is 0.222. The summed E-state index contributed by atoms with van der Waals surface area (Å²) in [5.74, 6) is 0.522. The second-order valence-electron chi connectivity index (χ2n) is 6.74. The molecule has 33 heavy (non-hydrogen) atoms. The Morgan fingerprint density at radius 2 is 1.82 bits per heavy atom. The smallest absolute Gasteiger partial charge is 0.321 e. The van der Waals surface area contributed by atoms with Gasteiger partial charge < -0.3 is 14.8 Å². The van der Waals surface area contributed by atoms with Crippen LogP contribution in [0.1, 0.15) is 19.2 Å². The molecule has 2 aromatic carbocycles. The monoisotopic (exact) mass is 473 g/mol. The Hall–Kier alpha value is -3.60. The highest BCUT2D eigenvalue weighted by Gasteiger charge is 2.19. The van der Waals surface area contributed by atoms with E-state index in [0.717, 1.165) is 18.2 Å². The van der Waals surface area contributed by atoms with Gasteiger partial charge in [0.25, 0.3) is 0 Å². The molecule has 0 saturated heterocycles. The van der Waals surface area contributed by atoms with Crippen molar-refractivity contribution in [2.75, 3.05) is 19.4 Å². The number of urea groups is 1. The summed E-state index contributed by atoms with van der Waals surface area (Å²) in [7, 11) is 1.57. The number of hydrogen-bond donors (Lipinski definition) is 2. The summed E-state index contributed by atoms with van der Waals surface area (Å²) in [4.78, 5) is 23.8. The first-order chi connectivity index (χ1) is 16.0. The van der Waals surface area contributed by atoms with E-state index in [1.54, 1.807) is 49.6 Å². The predicted molar refractivity (Wildman–Crippen MR) is 121 cm³/mol. The van der Waals surface area contributed by atoms with Gasteiger partial charge in [0.05, 0.1) is 18.6 Å². The van der Waals surface area contributed by atoms with Crippen molar-refractivity contribution in [3.8, 4) is 17.2 Å². The molecular formula is C22H24FN5O4S. The van der Waals surface area contributed by atoms with Crippen molar-refractivity contribution in [2.45, 2.75) is 25.1 Å². The van der Waals surface area contributed by atoms with Gasteiger partial charge in [-0.1, -0.05) is 30.8 Å². The van der Waals surface area contributed by atoms with E-state index >= 15 is 0 Å². The lowest BCUT2D eigenvalue weighted by Gasteiger charge is -2.12. The second kappa shape index (κ2) is 11.9. The molecule has 1 heterocycles. The molecule has 174 valence electrons. The zero-order chi connectivity index (χ0) is 23.6. The van der Waals surface area contributed by atoms with E-state index in [0.29, 0.717) is 23.9 Å². The topological polar surface area (TPSA) is 107 Å². The fourth-order valence-electron chi connectivity index (χ4n) is 2.76. The number of carbonyl (C=O) groups excluding carboxylic acids is 2. The first kappa shape index (κ1) is 24.1. The van der Waals surface area contributed by atoms with Crippen molar-refractivity contribution >= 4 is 23.7 Å². The summed E-state index contributed by atoms with van der Waals surface area (Å²) in [6.07, 6.45) is 0.753. The fraction of sp³-hybridized carbons (Fsp3) is 0.273. The van der Waals surface area contributed by atoms with Crippen LogP contribution in [0, 0.1) is 5.82 Å². The highest BCUT2D eigenvalue weighted by molar-refractivity contribution is 7.99. The standard InChI is InChI=1S/C22H24FN5O4S/c1-3-12-24-21(30)25-20(29)14-33-22-27-26-19(28(22)18-7-5-4-6-17(18)23)13-32-16-10-8-15(31-2)9-11-16/h4-11H,3,12-14H2,1-2H3,(H2,24,25,29,30). The Morgan fingerprint density at radius 1 is 1.09 bits per heavy atom. The molecule has 0 aliphatic heterocycles. The van der Waals surface area contributed by atoms with E-state index in [1.165, 1.54) is 10.6 Å². The molecule has 3 amide bonds. The largest absolute Gasteiger partial charge is 0.497 e. The third-order valence-electron chi connectivity index (χ3n) is 4.34. The number of thioether (sulfide) groups is 1. The molecule has 3 aromatic rings. The average Bonchev–Trinajstić information content (AvgIpc) is 3.23. The number of nitrogens with one attached hydrogen (secondary N) is 2. The molecule has 0 saturated carbocycles. The Balaban J connectivity index is 1.75. The number of hydrogen-bond acceptors (Lipinski definition) is 7. The normalized spacial score (nSPS) is 10.5. The number of rotatable bonds is 10. The molecule has 2 N–H and O–H groups in total. The van der Waals surface area contributed by atoms with Gasteiger partial charge in [0.2, 0.25) is 5.91 Å². The van der Waals surface area contributed by atoms with Gasteiger partial charge in [0, 0.05) is 6.54 Å². The molecule has 0 atom stereocenters. The van der Waals surface area contributed by atoms with E-state index in [-0.39, 0.29) is 23.2 Å². The van der Waals surface area contributed by atoms with Gasteiger partial charge in [-0.2, -0.15) is 0 Å². The van der Waals surface area contributed by atoms with E-state index < -0.39 is 17.8 Å². The van der Waals surface area contributed by atoms with Crippen LogP contribution in [0.4, 0.5) is 9.18 Å². The number of nitrogens with zero attached hydrogens (tertiary/aromatic N) is 3. The summed E-state index contributed by atoms with van der Waals surface area (Å²) in [6.45, 7) is 2.38. The number of benzene rings is 2. The number of carbonyl (C=O) groups is 2. The Morgan fingerprint density at radius 3 is 2.52 bits per heavy atom. The number of amides is 3. The molecule has 0 fully saturated rings. The maximum absolute atomic E-state index is 14.6. The molecule has 1 aromatic heterocycles. The van der Waals surface area contributed by atoms with Crippen molar-refractivity contribution in [1.82, 2.24) is 25.4 Å². The van der Waals surface area contributed by atoms with Crippen LogP contribution in [0.25, 0.3) is 5.69 Å². The van der Waals surface area contributed by atoms with E-state index in [2.05, 4.69) is 20.8 Å². The Labute approximate surface area is 194 Å². The molecule has 9 nitrogen and oxygen atoms in total. The third-order valence-corrected chi connectivity index (χ3v) is 5.27. The zero-order valence-electron chi connectivity index (χ0n) is 18.2. The lowest BCUT2D eigenvalue weighted by atomic mass is 10.3.